The third-order valence-electron chi connectivity index (χ3n) is 10.5. The van der Waals surface area contributed by atoms with Crippen LogP contribution >= 0.6 is 0 Å². The van der Waals surface area contributed by atoms with Gasteiger partial charge in [0.2, 0.25) is 0 Å². The van der Waals surface area contributed by atoms with Crippen LogP contribution in [0.1, 0.15) is 0 Å². The van der Waals surface area contributed by atoms with Gasteiger partial charge in [-0.25, -0.2) is 15.0 Å². The largest absolute Gasteiger partial charge is 0.456 e. The lowest BCUT2D eigenvalue weighted by Crippen LogP contribution is -2.05. The predicted molar refractivity (Wildman–Crippen MR) is 226 cm³/mol. The van der Waals surface area contributed by atoms with Crippen molar-refractivity contribution >= 4 is 43.7 Å². The van der Waals surface area contributed by atoms with Gasteiger partial charge in [-0.1, -0.05) is 146 Å². The molecule has 11 rings (SSSR count). The van der Waals surface area contributed by atoms with Crippen LogP contribution in [0, 0.1) is 0 Å². The topological polar surface area (TPSA) is 69.6 Å². The van der Waals surface area contributed by atoms with Crippen molar-refractivity contribution in [2.24, 2.45) is 0 Å². The molecule has 0 aliphatic carbocycles. The molecule has 0 N–H and O–H groups in total. The molecular weight excluding hydrogens is 687 g/mol. The molecule has 0 aliphatic heterocycles. The molecule has 262 valence electrons. The van der Waals surface area contributed by atoms with E-state index in [1.54, 1.807) is 0 Å². The molecule has 11 aromatic rings. The highest BCUT2D eigenvalue weighted by Gasteiger charge is 2.23. The number of hydrogen-bond donors (Lipinski definition) is 0. The Balaban J connectivity index is 1.22. The number of pyridine rings is 1. The summed E-state index contributed by atoms with van der Waals surface area (Å²) in [7, 11) is 0. The molecule has 0 unspecified atom stereocenters. The molecule has 0 amide bonds. The number of benzene rings is 7. The van der Waals surface area contributed by atoms with Crippen molar-refractivity contribution in [3.63, 3.8) is 0 Å². The predicted octanol–water partition coefficient (Wildman–Crippen LogP) is 12.6. The number of aromatic nitrogens is 5. The molecule has 0 aliphatic rings. The van der Waals surface area contributed by atoms with Crippen molar-refractivity contribution in [2.45, 2.75) is 0 Å². The van der Waals surface area contributed by atoms with Crippen LogP contribution in [0.25, 0.3) is 106 Å². The Morgan fingerprint density at radius 2 is 0.982 bits per heavy atom. The van der Waals surface area contributed by atoms with Crippen molar-refractivity contribution in [1.82, 2.24) is 24.5 Å². The lowest BCUT2D eigenvalue weighted by Gasteiger charge is -2.16. The number of rotatable bonds is 6. The van der Waals surface area contributed by atoms with Crippen LogP contribution in [0.2, 0.25) is 0 Å². The maximum Gasteiger partial charge on any atom is 0.166 e. The Hall–Kier alpha value is -7.70. The highest BCUT2D eigenvalue weighted by molar-refractivity contribution is 6.27. The molecule has 4 aromatic heterocycles. The zero-order chi connectivity index (χ0) is 37.0. The molecule has 0 atom stereocenters. The number of nitrogens with zero attached hydrogens (tertiary/aromatic N) is 5. The summed E-state index contributed by atoms with van der Waals surface area (Å²) >= 11 is 0. The second-order valence-corrected chi connectivity index (χ2v) is 13.9. The number of para-hydroxylation sites is 2. The summed E-state index contributed by atoms with van der Waals surface area (Å²) < 4.78 is 8.68. The smallest absolute Gasteiger partial charge is 0.166 e. The first kappa shape index (κ1) is 31.8. The molecular formula is C50H31N5O. The van der Waals surface area contributed by atoms with Crippen LogP contribution in [-0.2, 0) is 0 Å². The Labute approximate surface area is 322 Å². The number of hydrogen-bond acceptors (Lipinski definition) is 5. The molecule has 0 saturated heterocycles. The van der Waals surface area contributed by atoms with E-state index < -0.39 is 0 Å². The molecule has 0 spiro atoms. The van der Waals surface area contributed by atoms with E-state index in [-0.39, 0.29) is 0 Å². The molecule has 0 bridgehead atoms. The molecule has 0 fully saturated rings. The van der Waals surface area contributed by atoms with E-state index in [1.165, 1.54) is 0 Å². The Bertz CT molecular complexity index is 3190. The Kier molecular flexibility index (Phi) is 7.38. The fourth-order valence-electron chi connectivity index (χ4n) is 7.91. The molecule has 4 heterocycles. The minimum absolute atomic E-state index is 0.552. The van der Waals surface area contributed by atoms with Gasteiger partial charge in [0.1, 0.15) is 11.2 Å². The van der Waals surface area contributed by atoms with Gasteiger partial charge in [-0.05, 0) is 47.5 Å². The van der Waals surface area contributed by atoms with Crippen LogP contribution in [0.4, 0.5) is 0 Å². The summed E-state index contributed by atoms with van der Waals surface area (Å²) in [5.41, 5.74) is 11.4. The van der Waals surface area contributed by atoms with E-state index >= 15 is 0 Å². The van der Waals surface area contributed by atoms with E-state index in [2.05, 4.69) is 108 Å². The molecule has 0 saturated carbocycles. The fourth-order valence-corrected chi connectivity index (χ4v) is 7.91. The quantitative estimate of drug-likeness (QED) is 0.171. The maximum absolute atomic E-state index is 6.39. The first-order chi connectivity index (χ1) is 27.8. The van der Waals surface area contributed by atoms with Gasteiger partial charge in [-0.3, -0.25) is 4.98 Å². The van der Waals surface area contributed by atoms with Crippen LogP contribution < -0.4 is 0 Å². The standard InChI is InChI=1S/C50H31N5O/c1-4-15-32(16-5-1)35-21-14-22-36(29-35)40-30-39(50-53-48(33-17-6-2-7-18-33)52-49(54-50)34-19-8-3-9-20-34)43(31-51-40)55-41-25-12-10-23-37(41)46-42(55)27-28-45-47(46)38-24-11-13-26-44(38)56-45/h1-31H. The average Bonchev–Trinajstić information content (AvgIpc) is 3.83. The molecule has 0 radical (unpaired) electrons. The first-order valence-corrected chi connectivity index (χ1v) is 18.6. The van der Waals surface area contributed by atoms with E-state index in [4.69, 9.17) is 24.4 Å². The summed E-state index contributed by atoms with van der Waals surface area (Å²) in [6.07, 6.45) is 1.97. The minimum atomic E-state index is 0.552. The van der Waals surface area contributed by atoms with Gasteiger partial charge in [0.05, 0.1) is 28.6 Å². The minimum Gasteiger partial charge on any atom is -0.456 e. The van der Waals surface area contributed by atoms with Gasteiger partial charge in [-0.2, -0.15) is 0 Å². The summed E-state index contributed by atoms with van der Waals surface area (Å²) in [4.78, 5) is 20.7. The average molecular weight is 718 g/mol. The van der Waals surface area contributed by atoms with E-state index in [0.717, 1.165) is 88.5 Å². The van der Waals surface area contributed by atoms with Crippen LogP contribution in [0.15, 0.2) is 193 Å². The zero-order valence-electron chi connectivity index (χ0n) is 30.0. The van der Waals surface area contributed by atoms with Gasteiger partial charge < -0.3 is 8.98 Å². The van der Waals surface area contributed by atoms with Gasteiger partial charge in [0.25, 0.3) is 0 Å². The summed E-state index contributed by atoms with van der Waals surface area (Å²) in [5.74, 6) is 1.74. The van der Waals surface area contributed by atoms with Crippen LogP contribution in [0.3, 0.4) is 0 Å². The van der Waals surface area contributed by atoms with Gasteiger partial charge in [0.15, 0.2) is 17.5 Å². The third kappa shape index (κ3) is 5.27. The molecule has 6 heteroatoms. The first-order valence-electron chi connectivity index (χ1n) is 18.6. The molecule has 7 aromatic carbocycles. The van der Waals surface area contributed by atoms with Crippen molar-refractivity contribution in [3.8, 4) is 62.2 Å². The highest BCUT2D eigenvalue weighted by atomic mass is 16.3. The van der Waals surface area contributed by atoms with Crippen molar-refractivity contribution in [3.05, 3.63) is 188 Å². The van der Waals surface area contributed by atoms with Crippen molar-refractivity contribution in [1.29, 1.82) is 0 Å². The second kappa shape index (κ2) is 13.0. The van der Waals surface area contributed by atoms with Crippen molar-refractivity contribution in [2.75, 3.05) is 0 Å². The lowest BCUT2D eigenvalue weighted by atomic mass is 10.0. The normalized spacial score (nSPS) is 11.6. The van der Waals surface area contributed by atoms with E-state index in [0.29, 0.717) is 17.5 Å². The van der Waals surface area contributed by atoms with Crippen LogP contribution in [0.5, 0.6) is 0 Å². The summed E-state index contributed by atoms with van der Waals surface area (Å²) in [6, 6.07) is 62.3. The monoisotopic (exact) mass is 717 g/mol. The fraction of sp³-hybridized carbons (Fsp3) is 0. The lowest BCUT2D eigenvalue weighted by molar-refractivity contribution is 0.669. The second-order valence-electron chi connectivity index (χ2n) is 13.9. The molecule has 6 nitrogen and oxygen atoms in total. The van der Waals surface area contributed by atoms with Gasteiger partial charge in [-0.15, -0.1) is 0 Å². The number of furan rings is 1. The Morgan fingerprint density at radius 1 is 0.393 bits per heavy atom. The number of fused-ring (bicyclic) bond motifs is 7. The van der Waals surface area contributed by atoms with Crippen LogP contribution in [-0.4, -0.2) is 24.5 Å². The van der Waals surface area contributed by atoms with Gasteiger partial charge in [0, 0.05) is 43.8 Å². The molecule has 56 heavy (non-hydrogen) atoms. The Morgan fingerprint density at radius 3 is 1.71 bits per heavy atom. The van der Waals surface area contributed by atoms with Crippen molar-refractivity contribution < 1.29 is 4.42 Å². The third-order valence-corrected chi connectivity index (χ3v) is 10.5. The highest BCUT2D eigenvalue weighted by Crippen LogP contribution is 2.43. The van der Waals surface area contributed by atoms with E-state index in [1.807, 2.05) is 85.1 Å². The summed E-state index contributed by atoms with van der Waals surface area (Å²) in [5, 5.41) is 4.42. The zero-order valence-corrected chi connectivity index (χ0v) is 30.0. The van der Waals surface area contributed by atoms with E-state index in [9.17, 15) is 0 Å². The SMILES string of the molecule is c1ccc(-c2cccc(-c3cc(-c4nc(-c5ccccc5)nc(-c5ccccc5)n4)c(-n4c5ccccc5c5c6c(ccc54)oc4ccccc46)cn3)c2)cc1. The maximum atomic E-state index is 6.39. The summed E-state index contributed by atoms with van der Waals surface area (Å²) in [6.45, 7) is 0. The van der Waals surface area contributed by atoms with Gasteiger partial charge >= 0.3 is 0 Å².